The van der Waals surface area contributed by atoms with Gasteiger partial charge in [0.15, 0.2) is 10.3 Å². The molecule has 0 saturated heterocycles. The van der Waals surface area contributed by atoms with Crippen molar-refractivity contribution in [2.75, 3.05) is 0 Å². The summed E-state index contributed by atoms with van der Waals surface area (Å²) in [5.74, 6) is -0.317. The minimum Gasteiger partial charge on any atom is -0.345 e. The highest BCUT2D eigenvalue weighted by Gasteiger charge is 2.18. The predicted molar refractivity (Wildman–Crippen MR) is 81.7 cm³/mol. The van der Waals surface area contributed by atoms with Gasteiger partial charge in [0, 0.05) is 9.75 Å². The summed E-state index contributed by atoms with van der Waals surface area (Å²) in [6, 6.07) is 3.37. The molecule has 2 aromatic heterocycles. The standard InChI is InChI=1S/C13H13Cl2N3OS/c1-6-4-9(8(3)20-6)7(2)16-13(19)10-5-11(14)17-18-12(10)15/h4-5,7H,1-3H3,(H,16,19). The predicted octanol–water partition coefficient (Wildman–Crippen LogP) is 3.95. The Hall–Kier alpha value is -1.17. The number of hydrogen-bond acceptors (Lipinski definition) is 4. The molecule has 0 spiro atoms. The summed E-state index contributed by atoms with van der Waals surface area (Å²) in [5.41, 5.74) is 1.33. The van der Waals surface area contributed by atoms with E-state index < -0.39 is 0 Å². The molecule has 0 aliphatic heterocycles. The fourth-order valence-electron chi connectivity index (χ4n) is 1.94. The molecule has 0 radical (unpaired) electrons. The van der Waals surface area contributed by atoms with E-state index in [4.69, 9.17) is 23.2 Å². The highest BCUT2D eigenvalue weighted by atomic mass is 35.5. The van der Waals surface area contributed by atoms with Gasteiger partial charge in [0.25, 0.3) is 5.91 Å². The lowest BCUT2D eigenvalue weighted by Gasteiger charge is -2.14. The van der Waals surface area contributed by atoms with Crippen LogP contribution in [0.1, 0.15) is 38.6 Å². The van der Waals surface area contributed by atoms with E-state index in [9.17, 15) is 4.79 Å². The number of nitrogens with zero attached hydrogens (tertiary/aromatic N) is 2. The molecule has 4 nitrogen and oxygen atoms in total. The zero-order valence-electron chi connectivity index (χ0n) is 11.2. The first-order chi connectivity index (χ1) is 9.38. The van der Waals surface area contributed by atoms with Crippen LogP contribution in [-0.4, -0.2) is 16.1 Å². The SMILES string of the molecule is Cc1cc(C(C)NC(=O)c2cc(Cl)nnc2Cl)c(C)s1. The van der Waals surface area contributed by atoms with Gasteiger partial charge in [-0.15, -0.1) is 21.5 Å². The van der Waals surface area contributed by atoms with Crippen molar-refractivity contribution in [3.63, 3.8) is 0 Å². The van der Waals surface area contributed by atoms with Gasteiger partial charge in [-0.2, -0.15) is 0 Å². The minimum atomic E-state index is -0.317. The number of nitrogens with one attached hydrogen (secondary N) is 1. The van der Waals surface area contributed by atoms with Crippen molar-refractivity contribution >= 4 is 40.4 Å². The van der Waals surface area contributed by atoms with Crippen LogP contribution in [0.3, 0.4) is 0 Å². The van der Waals surface area contributed by atoms with Crippen LogP contribution in [0.2, 0.25) is 10.3 Å². The largest absolute Gasteiger partial charge is 0.345 e. The Kier molecular flexibility index (Phi) is 4.62. The first kappa shape index (κ1) is 15.2. The van der Waals surface area contributed by atoms with Crippen LogP contribution in [-0.2, 0) is 0 Å². The number of hydrogen-bond donors (Lipinski definition) is 1. The van der Waals surface area contributed by atoms with Gasteiger partial charge in [0.1, 0.15) is 0 Å². The van der Waals surface area contributed by atoms with Gasteiger partial charge >= 0.3 is 0 Å². The van der Waals surface area contributed by atoms with Gasteiger partial charge in [-0.3, -0.25) is 4.79 Å². The van der Waals surface area contributed by atoms with Gasteiger partial charge in [-0.05, 0) is 38.5 Å². The zero-order valence-corrected chi connectivity index (χ0v) is 13.5. The first-order valence-electron chi connectivity index (χ1n) is 5.95. The third-order valence-corrected chi connectivity index (χ3v) is 4.30. The summed E-state index contributed by atoms with van der Waals surface area (Å²) in [6.45, 7) is 6.00. The molecule has 1 N–H and O–H groups in total. The lowest BCUT2D eigenvalue weighted by molar-refractivity contribution is 0.0939. The second kappa shape index (κ2) is 6.08. The summed E-state index contributed by atoms with van der Waals surface area (Å²) in [7, 11) is 0. The van der Waals surface area contributed by atoms with Gasteiger partial charge < -0.3 is 5.32 Å². The van der Waals surface area contributed by atoms with Crippen molar-refractivity contribution in [2.45, 2.75) is 26.8 Å². The molecular weight excluding hydrogens is 317 g/mol. The van der Waals surface area contributed by atoms with Crippen molar-refractivity contribution < 1.29 is 4.79 Å². The third-order valence-electron chi connectivity index (χ3n) is 2.86. The molecule has 0 aromatic carbocycles. The minimum absolute atomic E-state index is 0.0392. The Bertz CT molecular complexity index is 657. The molecule has 0 fully saturated rings. The number of rotatable bonds is 3. The lowest BCUT2D eigenvalue weighted by Crippen LogP contribution is -2.27. The van der Waals surface area contributed by atoms with E-state index in [1.54, 1.807) is 11.3 Å². The fourth-order valence-corrected chi connectivity index (χ4v) is 3.29. The quantitative estimate of drug-likeness (QED) is 0.927. The molecule has 7 heteroatoms. The average Bonchev–Trinajstić information content (AvgIpc) is 2.71. The highest BCUT2D eigenvalue weighted by molar-refractivity contribution is 7.12. The maximum absolute atomic E-state index is 12.2. The van der Waals surface area contributed by atoms with Crippen LogP contribution < -0.4 is 5.32 Å². The molecule has 106 valence electrons. The molecule has 1 atom stereocenters. The Morgan fingerprint density at radius 1 is 1.30 bits per heavy atom. The van der Waals surface area contributed by atoms with Gasteiger partial charge in [-0.25, -0.2) is 0 Å². The van der Waals surface area contributed by atoms with Crippen LogP contribution in [0, 0.1) is 13.8 Å². The van der Waals surface area contributed by atoms with E-state index in [2.05, 4.69) is 21.6 Å². The molecule has 2 heterocycles. The number of aromatic nitrogens is 2. The molecule has 2 rings (SSSR count). The van der Waals surface area contributed by atoms with Crippen molar-refractivity contribution in [1.29, 1.82) is 0 Å². The molecule has 20 heavy (non-hydrogen) atoms. The molecule has 1 unspecified atom stereocenters. The van der Waals surface area contributed by atoms with Crippen LogP contribution in [0.25, 0.3) is 0 Å². The maximum atomic E-state index is 12.2. The number of thiophene rings is 1. The van der Waals surface area contributed by atoms with Crippen LogP contribution in [0.4, 0.5) is 0 Å². The maximum Gasteiger partial charge on any atom is 0.255 e. The Labute approximate surface area is 131 Å². The number of amides is 1. The Balaban J connectivity index is 2.19. The van der Waals surface area contributed by atoms with Crippen LogP contribution in [0.5, 0.6) is 0 Å². The smallest absolute Gasteiger partial charge is 0.255 e. The van der Waals surface area contributed by atoms with Crippen molar-refractivity contribution in [1.82, 2.24) is 15.5 Å². The topological polar surface area (TPSA) is 54.9 Å². The van der Waals surface area contributed by atoms with E-state index in [0.29, 0.717) is 0 Å². The van der Waals surface area contributed by atoms with Crippen molar-refractivity contribution in [3.8, 4) is 0 Å². The summed E-state index contributed by atoms with van der Waals surface area (Å²) >= 11 is 13.3. The normalized spacial score (nSPS) is 12.2. The number of carbonyl (C=O) groups excluding carboxylic acids is 1. The average molecular weight is 330 g/mol. The summed E-state index contributed by atoms with van der Waals surface area (Å²) in [6.07, 6.45) is 0. The number of halogens is 2. The number of carbonyl (C=O) groups is 1. The Morgan fingerprint density at radius 2 is 2.00 bits per heavy atom. The first-order valence-corrected chi connectivity index (χ1v) is 7.52. The molecular formula is C13H13Cl2N3OS. The van der Waals surface area contributed by atoms with E-state index >= 15 is 0 Å². The van der Waals surface area contributed by atoms with Crippen LogP contribution in [0.15, 0.2) is 12.1 Å². The molecule has 0 bridgehead atoms. The summed E-state index contributed by atoms with van der Waals surface area (Å²) < 4.78 is 0. The van der Waals surface area contributed by atoms with E-state index in [1.807, 2.05) is 20.8 Å². The summed E-state index contributed by atoms with van der Waals surface area (Å²) in [5, 5.41) is 10.3. The van der Waals surface area contributed by atoms with E-state index in [-0.39, 0.29) is 27.8 Å². The highest BCUT2D eigenvalue weighted by Crippen LogP contribution is 2.26. The van der Waals surface area contributed by atoms with Gasteiger partial charge in [0.05, 0.1) is 11.6 Å². The summed E-state index contributed by atoms with van der Waals surface area (Å²) in [4.78, 5) is 14.6. The fraction of sp³-hybridized carbons (Fsp3) is 0.308. The molecule has 2 aromatic rings. The third kappa shape index (κ3) is 3.29. The number of aryl methyl sites for hydroxylation is 2. The zero-order chi connectivity index (χ0) is 14.9. The lowest BCUT2D eigenvalue weighted by atomic mass is 10.1. The molecule has 0 aliphatic carbocycles. The van der Waals surface area contributed by atoms with E-state index in [0.717, 1.165) is 5.56 Å². The molecule has 0 aliphatic rings. The molecule has 0 saturated carbocycles. The Morgan fingerprint density at radius 3 is 2.60 bits per heavy atom. The van der Waals surface area contributed by atoms with Crippen LogP contribution >= 0.6 is 34.5 Å². The van der Waals surface area contributed by atoms with Gasteiger partial charge in [0.2, 0.25) is 0 Å². The van der Waals surface area contributed by atoms with Gasteiger partial charge in [-0.1, -0.05) is 23.2 Å². The monoisotopic (exact) mass is 329 g/mol. The second-order valence-corrected chi connectivity index (χ2v) is 6.64. The molecule has 1 amide bonds. The van der Waals surface area contributed by atoms with E-state index in [1.165, 1.54) is 15.8 Å². The van der Waals surface area contributed by atoms with Crippen molar-refractivity contribution in [3.05, 3.63) is 43.3 Å². The second-order valence-electron chi connectivity index (χ2n) is 4.44. The van der Waals surface area contributed by atoms with Crippen molar-refractivity contribution in [2.24, 2.45) is 0 Å².